The van der Waals surface area contributed by atoms with Gasteiger partial charge in [0.15, 0.2) is 0 Å². The standard InChI is InChI=1S/C27H27ClN2O7/c1-29-13-18(26(35)30(2)27(29)36)8-7-15-3-5-16(6-4-15)11-19-12-17(9-10-20(19)28)25-24(34)23(33)22(32)21(14-31)37-25/h3-6,9-10,12-13,21-25,31-34H,11,14H2,1-2H3/t21-,22-,23+,24-,25+/m1/s1. The Morgan fingerprint density at radius 1 is 0.973 bits per heavy atom. The zero-order valence-electron chi connectivity index (χ0n) is 20.2. The summed E-state index contributed by atoms with van der Waals surface area (Å²) in [7, 11) is 2.96. The number of aliphatic hydroxyl groups excluding tert-OH is 4. The van der Waals surface area contributed by atoms with Crippen LogP contribution in [0.3, 0.4) is 0 Å². The molecule has 4 rings (SSSR count). The molecular weight excluding hydrogens is 500 g/mol. The zero-order valence-corrected chi connectivity index (χ0v) is 21.0. The van der Waals surface area contributed by atoms with E-state index in [1.54, 1.807) is 25.2 Å². The lowest BCUT2D eigenvalue weighted by atomic mass is 9.90. The maximum absolute atomic E-state index is 12.3. The average Bonchev–Trinajstić information content (AvgIpc) is 2.90. The van der Waals surface area contributed by atoms with E-state index in [0.717, 1.165) is 15.7 Å². The van der Waals surface area contributed by atoms with Gasteiger partial charge in [-0.2, -0.15) is 0 Å². The summed E-state index contributed by atoms with van der Waals surface area (Å²) in [5, 5.41) is 40.6. The van der Waals surface area contributed by atoms with Gasteiger partial charge < -0.3 is 29.7 Å². The largest absolute Gasteiger partial charge is 0.394 e. The van der Waals surface area contributed by atoms with Crippen LogP contribution < -0.4 is 11.2 Å². The minimum Gasteiger partial charge on any atom is -0.394 e. The van der Waals surface area contributed by atoms with E-state index in [9.17, 15) is 30.0 Å². The SMILES string of the molecule is Cn1cc(C#Cc2ccc(Cc3cc([C@@H]4O[C@H](CO)[C@@H](O)[C@H](O)[C@H]4O)ccc3Cl)cc2)c(=O)n(C)c1=O. The number of halogens is 1. The van der Waals surface area contributed by atoms with Crippen molar-refractivity contribution in [3.05, 3.63) is 102 Å². The smallest absolute Gasteiger partial charge is 0.330 e. The summed E-state index contributed by atoms with van der Waals surface area (Å²) < 4.78 is 7.97. The Hall–Kier alpha value is -3.23. The highest BCUT2D eigenvalue weighted by Crippen LogP contribution is 2.34. The van der Waals surface area contributed by atoms with E-state index in [4.69, 9.17) is 16.3 Å². The highest BCUT2D eigenvalue weighted by atomic mass is 35.5. The summed E-state index contributed by atoms with van der Waals surface area (Å²) in [6.07, 6.45) is -4.36. The number of benzene rings is 2. The second-order valence-corrected chi connectivity index (χ2v) is 9.43. The van der Waals surface area contributed by atoms with Gasteiger partial charge in [-0.05, 0) is 41.3 Å². The van der Waals surface area contributed by atoms with Gasteiger partial charge in [0.25, 0.3) is 5.56 Å². The quantitative estimate of drug-likeness (QED) is 0.358. The Morgan fingerprint density at radius 3 is 2.35 bits per heavy atom. The molecule has 0 bridgehead atoms. The van der Waals surface area contributed by atoms with Gasteiger partial charge in [-0.3, -0.25) is 9.36 Å². The number of aliphatic hydroxyl groups is 4. The second kappa shape index (κ2) is 11.0. The highest BCUT2D eigenvalue weighted by molar-refractivity contribution is 6.31. The van der Waals surface area contributed by atoms with Gasteiger partial charge >= 0.3 is 5.69 Å². The zero-order chi connectivity index (χ0) is 26.9. The van der Waals surface area contributed by atoms with Crippen LogP contribution in [0.15, 0.2) is 58.3 Å². The van der Waals surface area contributed by atoms with E-state index in [-0.39, 0.29) is 5.56 Å². The predicted molar refractivity (Wildman–Crippen MR) is 136 cm³/mol. The molecule has 37 heavy (non-hydrogen) atoms. The van der Waals surface area contributed by atoms with Gasteiger partial charge in [0, 0.05) is 30.9 Å². The molecule has 9 nitrogen and oxygen atoms in total. The fourth-order valence-corrected chi connectivity index (χ4v) is 4.43. The van der Waals surface area contributed by atoms with Gasteiger partial charge in [0.2, 0.25) is 0 Å². The molecule has 1 aliphatic heterocycles. The summed E-state index contributed by atoms with van der Waals surface area (Å²) in [6, 6.07) is 12.5. The van der Waals surface area contributed by atoms with Gasteiger partial charge in [0.05, 0.1) is 6.61 Å². The van der Waals surface area contributed by atoms with E-state index in [1.807, 2.05) is 24.3 Å². The molecule has 5 atom stereocenters. The number of aromatic nitrogens is 2. The molecule has 1 aliphatic rings. The fourth-order valence-electron chi connectivity index (χ4n) is 4.24. The molecule has 1 saturated heterocycles. The van der Waals surface area contributed by atoms with Gasteiger partial charge in [-0.25, -0.2) is 4.79 Å². The van der Waals surface area contributed by atoms with Crippen molar-refractivity contribution in [1.29, 1.82) is 0 Å². The number of ether oxygens (including phenoxy) is 1. The molecule has 10 heteroatoms. The van der Waals surface area contributed by atoms with E-state index in [2.05, 4.69) is 11.8 Å². The lowest BCUT2D eigenvalue weighted by molar-refractivity contribution is -0.231. The molecule has 4 N–H and O–H groups in total. The van der Waals surface area contributed by atoms with E-state index in [0.29, 0.717) is 22.6 Å². The van der Waals surface area contributed by atoms with Crippen molar-refractivity contribution in [2.45, 2.75) is 36.9 Å². The fraction of sp³-hybridized carbons (Fsp3) is 0.333. The number of hydrogen-bond donors (Lipinski definition) is 4. The van der Waals surface area contributed by atoms with Crippen LogP contribution in [0.4, 0.5) is 0 Å². The Balaban J connectivity index is 1.54. The number of rotatable bonds is 4. The van der Waals surface area contributed by atoms with Crippen LogP contribution in [-0.4, -0.2) is 60.6 Å². The third kappa shape index (κ3) is 5.55. The van der Waals surface area contributed by atoms with Crippen molar-refractivity contribution in [1.82, 2.24) is 9.13 Å². The Labute approximate surface area is 217 Å². The van der Waals surface area contributed by atoms with Crippen LogP contribution in [0.2, 0.25) is 5.02 Å². The molecule has 0 saturated carbocycles. The van der Waals surface area contributed by atoms with Crippen LogP contribution >= 0.6 is 11.6 Å². The van der Waals surface area contributed by atoms with Crippen LogP contribution in [0, 0.1) is 11.8 Å². The molecule has 1 fully saturated rings. The van der Waals surface area contributed by atoms with Gasteiger partial charge in [-0.15, -0.1) is 0 Å². The molecule has 0 unspecified atom stereocenters. The molecule has 0 radical (unpaired) electrons. The Kier molecular flexibility index (Phi) is 7.99. The lowest BCUT2D eigenvalue weighted by Gasteiger charge is -2.40. The van der Waals surface area contributed by atoms with E-state index < -0.39 is 48.4 Å². The summed E-state index contributed by atoms with van der Waals surface area (Å²) in [5.74, 6) is 5.76. The van der Waals surface area contributed by atoms with Crippen LogP contribution in [-0.2, 0) is 25.3 Å². The number of nitrogens with zero attached hydrogens (tertiary/aromatic N) is 2. The first-order valence-electron chi connectivity index (χ1n) is 11.6. The minimum atomic E-state index is -1.47. The monoisotopic (exact) mass is 526 g/mol. The van der Waals surface area contributed by atoms with Crippen LogP contribution in [0.1, 0.15) is 33.9 Å². The van der Waals surface area contributed by atoms with Crippen molar-refractivity contribution in [2.24, 2.45) is 14.1 Å². The maximum atomic E-state index is 12.3. The Morgan fingerprint density at radius 2 is 1.68 bits per heavy atom. The molecule has 2 aromatic carbocycles. The van der Waals surface area contributed by atoms with Crippen molar-refractivity contribution in [3.63, 3.8) is 0 Å². The summed E-state index contributed by atoms with van der Waals surface area (Å²) in [6.45, 7) is -0.506. The normalized spacial score (nSPS) is 23.4. The molecular formula is C27H27ClN2O7. The first-order valence-corrected chi connectivity index (χ1v) is 11.9. The molecule has 2 heterocycles. The molecule has 0 spiro atoms. The molecule has 1 aromatic heterocycles. The Bertz CT molecular complexity index is 1470. The average molecular weight is 527 g/mol. The number of hydrogen-bond acceptors (Lipinski definition) is 7. The van der Waals surface area contributed by atoms with E-state index >= 15 is 0 Å². The van der Waals surface area contributed by atoms with Crippen LogP contribution in [0.5, 0.6) is 0 Å². The maximum Gasteiger partial charge on any atom is 0.330 e. The van der Waals surface area contributed by atoms with Crippen molar-refractivity contribution in [3.8, 4) is 11.8 Å². The summed E-state index contributed by atoms with van der Waals surface area (Å²) in [4.78, 5) is 24.1. The first kappa shape index (κ1) is 26.8. The van der Waals surface area contributed by atoms with Crippen molar-refractivity contribution < 1.29 is 25.2 Å². The second-order valence-electron chi connectivity index (χ2n) is 9.02. The predicted octanol–water partition coefficient (Wildman–Crippen LogP) is 0.243. The van der Waals surface area contributed by atoms with Crippen molar-refractivity contribution in [2.75, 3.05) is 6.61 Å². The summed E-state index contributed by atoms with van der Waals surface area (Å²) in [5.41, 5.74) is 2.25. The summed E-state index contributed by atoms with van der Waals surface area (Å²) >= 11 is 6.42. The lowest BCUT2D eigenvalue weighted by Crippen LogP contribution is -2.55. The van der Waals surface area contributed by atoms with Gasteiger partial charge in [0.1, 0.15) is 36.1 Å². The third-order valence-electron chi connectivity index (χ3n) is 6.43. The van der Waals surface area contributed by atoms with Crippen molar-refractivity contribution >= 4 is 11.6 Å². The minimum absolute atomic E-state index is 0.213. The van der Waals surface area contributed by atoms with Gasteiger partial charge in [-0.1, -0.05) is 47.7 Å². The highest BCUT2D eigenvalue weighted by Gasteiger charge is 2.44. The number of aryl methyl sites for hydroxylation is 1. The third-order valence-corrected chi connectivity index (χ3v) is 6.80. The molecule has 0 aliphatic carbocycles. The molecule has 3 aromatic rings. The first-order chi connectivity index (χ1) is 17.6. The molecule has 194 valence electrons. The topological polar surface area (TPSA) is 134 Å². The molecule has 0 amide bonds. The van der Waals surface area contributed by atoms with E-state index in [1.165, 1.54) is 17.8 Å². The van der Waals surface area contributed by atoms with Crippen LogP contribution in [0.25, 0.3) is 0 Å².